The summed E-state index contributed by atoms with van der Waals surface area (Å²) in [5.41, 5.74) is 9.04. The molecular formula is C38H44NS+. The van der Waals surface area contributed by atoms with Gasteiger partial charge < -0.3 is 0 Å². The molecule has 0 unspecified atom stereocenters. The van der Waals surface area contributed by atoms with Gasteiger partial charge in [0, 0.05) is 21.2 Å². The van der Waals surface area contributed by atoms with Gasteiger partial charge in [-0.2, -0.15) is 0 Å². The zero-order chi connectivity index (χ0) is 28.7. The molecule has 0 spiro atoms. The molecule has 0 N–H and O–H groups in total. The molecule has 0 aliphatic carbocycles. The van der Waals surface area contributed by atoms with Gasteiger partial charge in [0.1, 0.15) is 7.05 Å². The Hall–Kier alpha value is -2.84. The maximum atomic E-state index is 2.50. The maximum Gasteiger partial charge on any atom is 0.222 e. The Bertz CT molecular complexity index is 1830. The summed E-state index contributed by atoms with van der Waals surface area (Å²) < 4.78 is 2.38. The first-order valence-electron chi connectivity index (χ1n) is 14.9. The average molecular weight is 547 g/mol. The number of aromatic nitrogens is 1. The third kappa shape index (κ3) is 4.53. The molecule has 1 aliphatic heterocycles. The second kappa shape index (κ2) is 9.35. The quantitative estimate of drug-likeness (QED) is 0.158. The van der Waals surface area contributed by atoms with Crippen molar-refractivity contribution in [3.05, 3.63) is 77.0 Å². The highest BCUT2D eigenvalue weighted by Gasteiger charge is 2.33. The summed E-state index contributed by atoms with van der Waals surface area (Å²) in [7, 11) is 2.23. The molecule has 2 heterocycles. The number of pyridine rings is 1. The Morgan fingerprint density at radius 3 is 2.17 bits per heavy atom. The first-order valence-corrected chi connectivity index (χ1v) is 15.7. The second-order valence-corrected chi connectivity index (χ2v) is 15.9. The van der Waals surface area contributed by atoms with Gasteiger partial charge >= 0.3 is 0 Å². The monoisotopic (exact) mass is 546 g/mol. The van der Waals surface area contributed by atoms with Crippen LogP contribution in [-0.2, 0) is 19.9 Å². The molecule has 1 aliphatic rings. The standard InChI is InChI=1S/C38H44NS/c1-22(2)25-12-11-13-26-28-16-17-39(10)35-33-23(3)29-18-24(20-37(4,5)6)14-15-27(29)31(21-38(7,8)9)36(33)40-32(34(28)35)19-30(25)26/h11-19,22H,20-21H2,1-10H3/q+1. The second-order valence-electron chi connectivity index (χ2n) is 14.8. The largest absolute Gasteiger partial charge is 0.222 e. The Labute approximate surface area is 245 Å². The van der Waals surface area contributed by atoms with Crippen molar-refractivity contribution in [2.45, 2.75) is 90.9 Å². The molecule has 2 heteroatoms. The number of nitrogens with zero attached hydrogens (tertiary/aromatic N) is 1. The predicted molar refractivity (Wildman–Crippen MR) is 175 cm³/mol. The van der Waals surface area contributed by atoms with E-state index in [-0.39, 0.29) is 10.8 Å². The van der Waals surface area contributed by atoms with Crippen molar-refractivity contribution in [3.8, 4) is 11.3 Å². The molecule has 1 aromatic heterocycles. The minimum absolute atomic E-state index is 0.184. The van der Waals surface area contributed by atoms with Crippen molar-refractivity contribution in [2.24, 2.45) is 17.9 Å². The van der Waals surface area contributed by atoms with Crippen molar-refractivity contribution in [2.75, 3.05) is 0 Å². The molecular weight excluding hydrogens is 502 g/mol. The average Bonchev–Trinajstić information content (AvgIpc) is 2.85. The lowest BCUT2D eigenvalue weighted by Gasteiger charge is -2.28. The van der Waals surface area contributed by atoms with Crippen LogP contribution >= 0.6 is 11.8 Å². The van der Waals surface area contributed by atoms with Gasteiger partial charge in [-0.3, -0.25) is 0 Å². The number of hydrogen-bond acceptors (Lipinski definition) is 1. The lowest BCUT2D eigenvalue weighted by atomic mass is 9.81. The van der Waals surface area contributed by atoms with Crippen LogP contribution in [0.4, 0.5) is 0 Å². The van der Waals surface area contributed by atoms with Crippen LogP contribution in [0.15, 0.2) is 64.5 Å². The maximum absolute atomic E-state index is 2.50. The number of benzene rings is 4. The molecule has 4 aromatic carbocycles. The number of hydrogen-bond donors (Lipinski definition) is 0. The summed E-state index contributed by atoms with van der Waals surface area (Å²) >= 11 is 2.02. The van der Waals surface area contributed by atoms with E-state index in [0.717, 1.165) is 12.8 Å². The minimum Gasteiger partial charge on any atom is -0.200 e. The SMILES string of the molecule is Cc1c2c(c(CC(C)(C)C)c3ccc(CC(C)(C)C)cc13)Sc1cc3c(C(C)C)cccc3c3cc[n+](C)c-2c13. The van der Waals surface area contributed by atoms with Crippen LogP contribution in [0.5, 0.6) is 0 Å². The molecule has 0 saturated heterocycles. The van der Waals surface area contributed by atoms with Crippen molar-refractivity contribution in [1.82, 2.24) is 0 Å². The molecule has 0 fully saturated rings. The predicted octanol–water partition coefficient (Wildman–Crippen LogP) is 10.7. The molecule has 40 heavy (non-hydrogen) atoms. The Morgan fingerprint density at radius 1 is 0.775 bits per heavy atom. The topological polar surface area (TPSA) is 3.88 Å². The molecule has 0 radical (unpaired) electrons. The molecule has 0 saturated carbocycles. The molecule has 0 atom stereocenters. The van der Waals surface area contributed by atoms with Crippen LogP contribution in [0.3, 0.4) is 0 Å². The van der Waals surface area contributed by atoms with E-state index in [1.165, 1.54) is 75.6 Å². The van der Waals surface area contributed by atoms with Gasteiger partial charge in [-0.25, -0.2) is 4.57 Å². The number of rotatable bonds is 3. The third-order valence-electron chi connectivity index (χ3n) is 8.48. The van der Waals surface area contributed by atoms with Crippen molar-refractivity contribution in [3.63, 3.8) is 0 Å². The summed E-state index contributed by atoms with van der Waals surface area (Å²) in [6, 6.07) is 19.0. The summed E-state index contributed by atoms with van der Waals surface area (Å²) in [6.07, 6.45) is 4.42. The van der Waals surface area contributed by atoms with E-state index < -0.39 is 0 Å². The lowest BCUT2D eigenvalue weighted by molar-refractivity contribution is -0.659. The first-order chi connectivity index (χ1) is 18.7. The van der Waals surface area contributed by atoms with Crippen molar-refractivity contribution < 1.29 is 4.57 Å². The Balaban J connectivity index is 1.75. The van der Waals surface area contributed by atoms with Gasteiger partial charge in [0.05, 0.1) is 10.9 Å². The molecule has 1 nitrogen and oxygen atoms in total. The fourth-order valence-corrected chi connectivity index (χ4v) is 8.23. The van der Waals surface area contributed by atoms with E-state index in [1.54, 1.807) is 0 Å². The fourth-order valence-electron chi connectivity index (χ4n) is 6.87. The van der Waals surface area contributed by atoms with Gasteiger partial charge in [-0.15, -0.1) is 0 Å². The smallest absolute Gasteiger partial charge is 0.200 e. The zero-order valence-electron chi connectivity index (χ0n) is 26.0. The minimum atomic E-state index is 0.184. The van der Waals surface area contributed by atoms with Crippen LogP contribution in [-0.4, -0.2) is 0 Å². The van der Waals surface area contributed by atoms with Gasteiger partial charge in [-0.1, -0.05) is 104 Å². The molecule has 6 rings (SSSR count). The van der Waals surface area contributed by atoms with Crippen LogP contribution in [0.2, 0.25) is 0 Å². The van der Waals surface area contributed by atoms with Gasteiger partial charge in [-0.05, 0) is 86.4 Å². The van der Waals surface area contributed by atoms with E-state index in [1.807, 2.05) is 11.8 Å². The van der Waals surface area contributed by atoms with Gasteiger partial charge in [0.15, 0.2) is 6.20 Å². The van der Waals surface area contributed by atoms with Gasteiger partial charge in [0.25, 0.3) is 0 Å². The van der Waals surface area contributed by atoms with Crippen LogP contribution in [0.1, 0.15) is 83.6 Å². The molecule has 0 amide bonds. The van der Waals surface area contributed by atoms with E-state index in [9.17, 15) is 0 Å². The summed E-state index contributed by atoms with van der Waals surface area (Å²) in [5.74, 6) is 0.485. The highest BCUT2D eigenvalue weighted by Crippen LogP contribution is 2.54. The fraction of sp³-hybridized carbons (Fsp3) is 0.395. The van der Waals surface area contributed by atoms with E-state index >= 15 is 0 Å². The van der Waals surface area contributed by atoms with Crippen LogP contribution in [0.25, 0.3) is 43.6 Å². The van der Waals surface area contributed by atoms with Crippen LogP contribution < -0.4 is 4.57 Å². The number of aryl methyl sites for hydroxylation is 2. The normalized spacial score (nSPS) is 13.6. The summed E-state index contributed by atoms with van der Waals surface area (Å²) in [5, 5.41) is 8.40. The highest BCUT2D eigenvalue weighted by atomic mass is 32.2. The van der Waals surface area contributed by atoms with Crippen LogP contribution in [0, 0.1) is 17.8 Å². The third-order valence-corrected chi connectivity index (χ3v) is 9.67. The van der Waals surface area contributed by atoms with Gasteiger partial charge in [0.2, 0.25) is 5.69 Å². The molecule has 206 valence electrons. The van der Waals surface area contributed by atoms with E-state index in [2.05, 4.69) is 129 Å². The van der Waals surface area contributed by atoms with E-state index in [4.69, 9.17) is 0 Å². The first kappa shape index (κ1) is 27.3. The van der Waals surface area contributed by atoms with Crippen molar-refractivity contribution >= 4 is 44.1 Å². The zero-order valence-corrected chi connectivity index (χ0v) is 26.9. The number of fused-ring (bicyclic) bond motifs is 5. The van der Waals surface area contributed by atoms with E-state index in [0.29, 0.717) is 5.92 Å². The Morgan fingerprint density at radius 2 is 1.50 bits per heavy atom. The van der Waals surface area contributed by atoms with Crippen molar-refractivity contribution in [1.29, 1.82) is 0 Å². The molecule has 0 bridgehead atoms. The summed E-state index contributed by atoms with van der Waals surface area (Å²) in [6.45, 7) is 21.1. The summed E-state index contributed by atoms with van der Waals surface area (Å²) in [4.78, 5) is 2.85. The molecule has 5 aromatic rings. The lowest BCUT2D eigenvalue weighted by Crippen LogP contribution is -2.32. The Kier molecular flexibility index (Phi) is 6.39. The highest BCUT2D eigenvalue weighted by molar-refractivity contribution is 8.00.